The van der Waals surface area contributed by atoms with E-state index in [-0.39, 0.29) is 17.7 Å². The Balaban J connectivity index is 1.28. The zero-order valence-electron chi connectivity index (χ0n) is 16.8. The van der Waals surface area contributed by atoms with Crippen LogP contribution in [0.3, 0.4) is 0 Å². The van der Waals surface area contributed by atoms with Gasteiger partial charge in [-0.2, -0.15) is 0 Å². The van der Waals surface area contributed by atoms with E-state index in [0.29, 0.717) is 11.4 Å². The van der Waals surface area contributed by atoms with Gasteiger partial charge in [0.25, 0.3) is 5.91 Å². The zero-order valence-corrected chi connectivity index (χ0v) is 17.6. The van der Waals surface area contributed by atoms with Crippen LogP contribution in [0.15, 0.2) is 36.4 Å². The summed E-state index contributed by atoms with van der Waals surface area (Å²) >= 11 is 1.33. The van der Waals surface area contributed by atoms with E-state index in [9.17, 15) is 9.59 Å². The molecular formula is C23H29N3O2S. The van der Waals surface area contributed by atoms with Gasteiger partial charge < -0.3 is 10.6 Å². The lowest BCUT2D eigenvalue weighted by Gasteiger charge is -2.20. The number of hydrogen-bond donors (Lipinski definition) is 2. The van der Waals surface area contributed by atoms with Crippen LogP contribution in [0, 0.1) is 5.92 Å². The molecule has 2 aromatic rings. The van der Waals surface area contributed by atoms with Gasteiger partial charge in [0.1, 0.15) is 0 Å². The predicted molar refractivity (Wildman–Crippen MR) is 117 cm³/mol. The Morgan fingerprint density at radius 2 is 1.76 bits per heavy atom. The Labute approximate surface area is 176 Å². The fourth-order valence-electron chi connectivity index (χ4n) is 3.76. The second-order valence-corrected chi connectivity index (χ2v) is 9.20. The van der Waals surface area contributed by atoms with Crippen LogP contribution in [0.1, 0.15) is 59.3 Å². The minimum Gasteiger partial charge on any atom is -0.347 e. The van der Waals surface area contributed by atoms with Crippen molar-refractivity contribution >= 4 is 28.2 Å². The molecule has 0 atom stereocenters. The molecule has 5 nitrogen and oxygen atoms in total. The summed E-state index contributed by atoms with van der Waals surface area (Å²) in [6.45, 7) is 3.85. The zero-order chi connectivity index (χ0) is 20.1. The monoisotopic (exact) mass is 411 g/mol. The molecule has 1 aromatic carbocycles. The first kappa shape index (κ1) is 20.1. The number of anilines is 1. The third-order valence-corrected chi connectivity index (χ3v) is 6.57. The Hall–Kier alpha value is -2.18. The molecule has 2 N–H and O–H groups in total. The van der Waals surface area contributed by atoms with Gasteiger partial charge in [-0.1, -0.05) is 37.1 Å². The first-order chi connectivity index (χ1) is 14.2. The minimum absolute atomic E-state index is 0.0695. The largest absolute Gasteiger partial charge is 0.347 e. The minimum atomic E-state index is -0.0974. The second kappa shape index (κ2) is 9.55. The number of rotatable bonds is 7. The molecule has 4 rings (SSSR count). The van der Waals surface area contributed by atoms with Gasteiger partial charge in [0.05, 0.1) is 9.88 Å². The molecule has 2 aliphatic rings. The van der Waals surface area contributed by atoms with Gasteiger partial charge in [0, 0.05) is 19.0 Å². The van der Waals surface area contributed by atoms with Crippen molar-refractivity contribution in [2.45, 2.75) is 51.6 Å². The van der Waals surface area contributed by atoms with E-state index < -0.39 is 0 Å². The molecule has 154 valence electrons. The van der Waals surface area contributed by atoms with Gasteiger partial charge in [0.15, 0.2) is 0 Å². The van der Waals surface area contributed by atoms with Crippen molar-refractivity contribution in [3.8, 4) is 0 Å². The molecule has 2 amide bonds. The summed E-state index contributed by atoms with van der Waals surface area (Å²) in [7, 11) is 0. The number of thiophene rings is 1. The van der Waals surface area contributed by atoms with E-state index in [0.717, 1.165) is 30.0 Å². The average molecular weight is 412 g/mol. The SMILES string of the molecule is O=C(NCc1cccc(CN2CCCCCC2)c1)c1ccc(NC(=O)C2CC2)s1. The van der Waals surface area contributed by atoms with E-state index in [1.165, 1.54) is 55.7 Å². The van der Waals surface area contributed by atoms with Crippen LogP contribution in [-0.4, -0.2) is 29.8 Å². The van der Waals surface area contributed by atoms with Crippen molar-refractivity contribution in [3.05, 3.63) is 52.4 Å². The summed E-state index contributed by atoms with van der Waals surface area (Å²) in [5.74, 6) is 0.135. The quantitative estimate of drug-likeness (QED) is 0.710. The fourth-order valence-corrected chi connectivity index (χ4v) is 4.58. The highest BCUT2D eigenvalue weighted by Gasteiger charge is 2.29. The topological polar surface area (TPSA) is 61.4 Å². The number of likely N-dealkylation sites (tertiary alicyclic amines) is 1. The number of carbonyl (C=O) groups excluding carboxylic acids is 2. The molecule has 0 radical (unpaired) electrons. The lowest BCUT2D eigenvalue weighted by Crippen LogP contribution is -2.24. The highest BCUT2D eigenvalue weighted by molar-refractivity contribution is 7.18. The molecule has 1 aliphatic carbocycles. The molecule has 1 aromatic heterocycles. The summed E-state index contributed by atoms with van der Waals surface area (Å²) in [6.07, 6.45) is 7.22. The van der Waals surface area contributed by atoms with Crippen LogP contribution in [0.2, 0.25) is 0 Å². The number of amides is 2. The molecule has 1 saturated heterocycles. The maximum atomic E-state index is 12.5. The van der Waals surface area contributed by atoms with Crippen LogP contribution in [-0.2, 0) is 17.9 Å². The maximum Gasteiger partial charge on any atom is 0.261 e. The molecule has 2 heterocycles. The Kier molecular flexibility index (Phi) is 6.62. The van der Waals surface area contributed by atoms with Crippen molar-refractivity contribution in [3.63, 3.8) is 0 Å². The molecule has 0 bridgehead atoms. The van der Waals surface area contributed by atoms with Crippen LogP contribution >= 0.6 is 11.3 Å². The lowest BCUT2D eigenvalue weighted by molar-refractivity contribution is -0.117. The van der Waals surface area contributed by atoms with E-state index in [1.807, 2.05) is 6.07 Å². The summed E-state index contributed by atoms with van der Waals surface area (Å²) in [5, 5.41) is 6.64. The third-order valence-electron chi connectivity index (χ3n) is 5.57. The average Bonchev–Trinajstić information content (AvgIpc) is 3.52. The van der Waals surface area contributed by atoms with Gasteiger partial charge in [-0.05, 0) is 62.0 Å². The molecular weight excluding hydrogens is 382 g/mol. The predicted octanol–water partition coefficient (Wildman–Crippen LogP) is 4.40. The Bertz CT molecular complexity index is 851. The molecule has 1 saturated carbocycles. The molecule has 6 heteroatoms. The first-order valence-electron chi connectivity index (χ1n) is 10.7. The van der Waals surface area contributed by atoms with Crippen molar-refractivity contribution < 1.29 is 9.59 Å². The third kappa shape index (κ3) is 5.90. The highest BCUT2D eigenvalue weighted by atomic mass is 32.1. The number of hydrogen-bond acceptors (Lipinski definition) is 4. The summed E-state index contributed by atoms with van der Waals surface area (Å²) in [4.78, 5) is 27.5. The van der Waals surface area contributed by atoms with Crippen molar-refractivity contribution in [2.24, 2.45) is 5.92 Å². The molecule has 0 unspecified atom stereocenters. The Morgan fingerprint density at radius 3 is 2.52 bits per heavy atom. The van der Waals surface area contributed by atoms with Crippen LogP contribution in [0.5, 0.6) is 0 Å². The maximum absolute atomic E-state index is 12.5. The molecule has 2 fully saturated rings. The highest BCUT2D eigenvalue weighted by Crippen LogP contribution is 2.31. The van der Waals surface area contributed by atoms with E-state index in [4.69, 9.17) is 0 Å². The number of benzene rings is 1. The summed E-state index contributed by atoms with van der Waals surface area (Å²) in [5.41, 5.74) is 2.42. The summed E-state index contributed by atoms with van der Waals surface area (Å²) in [6, 6.07) is 12.1. The van der Waals surface area contributed by atoms with Gasteiger partial charge in [-0.25, -0.2) is 0 Å². The number of carbonyl (C=O) groups is 2. The van der Waals surface area contributed by atoms with Gasteiger partial charge in [-0.3, -0.25) is 14.5 Å². The molecule has 1 aliphatic heterocycles. The van der Waals surface area contributed by atoms with Crippen LogP contribution in [0.4, 0.5) is 5.00 Å². The number of nitrogens with one attached hydrogen (secondary N) is 2. The lowest BCUT2D eigenvalue weighted by atomic mass is 10.1. The normalized spacial score (nSPS) is 17.5. The smallest absolute Gasteiger partial charge is 0.261 e. The van der Waals surface area contributed by atoms with Gasteiger partial charge >= 0.3 is 0 Å². The van der Waals surface area contributed by atoms with Gasteiger partial charge in [0.2, 0.25) is 5.91 Å². The van der Waals surface area contributed by atoms with Crippen LogP contribution < -0.4 is 10.6 Å². The van der Waals surface area contributed by atoms with Crippen molar-refractivity contribution in [1.29, 1.82) is 0 Å². The van der Waals surface area contributed by atoms with E-state index in [2.05, 4.69) is 39.8 Å². The van der Waals surface area contributed by atoms with E-state index >= 15 is 0 Å². The van der Waals surface area contributed by atoms with Crippen molar-refractivity contribution in [1.82, 2.24) is 10.2 Å². The molecule has 29 heavy (non-hydrogen) atoms. The fraction of sp³-hybridized carbons (Fsp3) is 0.478. The second-order valence-electron chi connectivity index (χ2n) is 8.12. The Morgan fingerprint density at radius 1 is 1.00 bits per heavy atom. The summed E-state index contributed by atoms with van der Waals surface area (Å²) < 4.78 is 0. The molecule has 0 spiro atoms. The standard InChI is InChI=1S/C23H29N3O2S/c27-22(19-8-9-19)25-21-11-10-20(29-21)23(28)24-15-17-6-5-7-18(14-17)16-26-12-3-1-2-4-13-26/h5-7,10-11,14,19H,1-4,8-9,12-13,15-16H2,(H,24,28)(H,25,27). The van der Waals surface area contributed by atoms with Crippen LogP contribution in [0.25, 0.3) is 0 Å². The van der Waals surface area contributed by atoms with Crippen molar-refractivity contribution in [2.75, 3.05) is 18.4 Å². The van der Waals surface area contributed by atoms with E-state index in [1.54, 1.807) is 6.07 Å². The first-order valence-corrected chi connectivity index (χ1v) is 11.5. The number of nitrogens with zero attached hydrogens (tertiary/aromatic N) is 1. The van der Waals surface area contributed by atoms with Gasteiger partial charge in [-0.15, -0.1) is 11.3 Å².